The minimum Gasteiger partial charge on any atom is -0.0628 e. The molecule has 0 radical (unpaired) electrons. The molecule has 0 spiro atoms. The lowest BCUT2D eigenvalue weighted by Gasteiger charge is -2.41. The fraction of sp³-hybridized carbons (Fsp3) is 0.917. The Bertz CT molecular complexity index is 117. The van der Waals surface area contributed by atoms with Crippen molar-refractivity contribution in [2.75, 3.05) is 0 Å². The van der Waals surface area contributed by atoms with Gasteiger partial charge in [0, 0.05) is 5.41 Å². The van der Waals surface area contributed by atoms with Crippen LogP contribution in [0.5, 0.6) is 0 Å². The number of hydrogen-bond acceptors (Lipinski definition) is 0. The Morgan fingerprint density at radius 2 is 1.83 bits per heavy atom. The van der Waals surface area contributed by atoms with E-state index in [4.69, 9.17) is 0 Å². The molecule has 0 aromatic rings. The molecule has 70 valence electrons. The molecule has 1 aliphatic carbocycles. The normalized spacial score (nSPS) is 20.8. The molecule has 1 aliphatic rings. The van der Waals surface area contributed by atoms with E-state index in [0.717, 1.165) is 11.3 Å². The molecule has 0 heteroatoms. The first-order valence-electron chi connectivity index (χ1n) is 5.33. The third kappa shape index (κ3) is 2.43. The molecule has 0 aromatic carbocycles. The fourth-order valence-electron chi connectivity index (χ4n) is 2.75. The zero-order valence-corrected chi connectivity index (χ0v) is 9.11. The molecular formula is C12H23+. The van der Waals surface area contributed by atoms with E-state index in [1.165, 1.54) is 32.1 Å². The van der Waals surface area contributed by atoms with Gasteiger partial charge in [-0.3, -0.25) is 0 Å². The summed E-state index contributed by atoms with van der Waals surface area (Å²) in [4.78, 5) is 0. The molecule has 0 saturated heterocycles. The molecule has 1 rings (SSSR count). The van der Waals surface area contributed by atoms with E-state index >= 15 is 0 Å². The Kier molecular flexibility index (Phi) is 3.09. The summed E-state index contributed by atoms with van der Waals surface area (Å²) in [5.41, 5.74) is 0.729. The maximum atomic E-state index is 2.35. The highest BCUT2D eigenvalue weighted by atomic mass is 14.4. The van der Waals surface area contributed by atoms with E-state index in [0.29, 0.717) is 0 Å². The van der Waals surface area contributed by atoms with E-state index in [2.05, 4.69) is 27.7 Å². The van der Waals surface area contributed by atoms with Gasteiger partial charge in [0.1, 0.15) is 0 Å². The van der Waals surface area contributed by atoms with E-state index in [-0.39, 0.29) is 0 Å². The average molecular weight is 167 g/mol. The first-order valence-corrected chi connectivity index (χ1v) is 5.33. The predicted octanol–water partition coefficient (Wildman–Crippen LogP) is 4.21. The molecule has 0 amide bonds. The van der Waals surface area contributed by atoms with E-state index in [1.54, 1.807) is 5.92 Å². The molecule has 0 N–H and O–H groups in total. The van der Waals surface area contributed by atoms with Crippen LogP contribution in [0.3, 0.4) is 0 Å². The van der Waals surface area contributed by atoms with Crippen molar-refractivity contribution in [3.8, 4) is 0 Å². The molecule has 0 heterocycles. The second-order valence-electron chi connectivity index (χ2n) is 5.34. The molecule has 0 aromatic heterocycles. The van der Waals surface area contributed by atoms with Gasteiger partial charge in [-0.05, 0) is 25.2 Å². The summed E-state index contributed by atoms with van der Waals surface area (Å²) in [5.74, 6) is 2.50. The SMILES string of the molecule is C[C+](C)CC1(CC(C)C)CCC1. The number of rotatable bonds is 4. The molecule has 0 nitrogen and oxygen atoms in total. The third-order valence-electron chi connectivity index (χ3n) is 2.98. The molecule has 0 aliphatic heterocycles. The number of hydrogen-bond donors (Lipinski definition) is 0. The van der Waals surface area contributed by atoms with Crippen molar-refractivity contribution in [1.29, 1.82) is 0 Å². The molecule has 1 saturated carbocycles. The van der Waals surface area contributed by atoms with Gasteiger partial charge in [0.25, 0.3) is 0 Å². The van der Waals surface area contributed by atoms with Crippen molar-refractivity contribution >= 4 is 0 Å². The van der Waals surface area contributed by atoms with Gasteiger partial charge in [-0.25, -0.2) is 0 Å². The summed E-state index contributed by atoms with van der Waals surface area (Å²) < 4.78 is 0. The van der Waals surface area contributed by atoms with Crippen LogP contribution in [-0.4, -0.2) is 0 Å². The summed E-state index contributed by atoms with van der Waals surface area (Å²) in [6, 6.07) is 0. The summed E-state index contributed by atoms with van der Waals surface area (Å²) in [5, 5.41) is 0. The van der Waals surface area contributed by atoms with Crippen LogP contribution < -0.4 is 0 Å². The van der Waals surface area contributed by atoms with Crippen molar-refractivity contribution in [1.82, 2.24) is 0 Å². The zero-order chi connectivity index (χ0) is 9.19. The lowest BCUT2D eigenvalue weighted by molar-refractivity contribution is 0.0935. The average Bonchev–Trinajstić information content (AvgIpc) is 1.80. The summed E-state index contributed by atoms with van der Waals surface area (Å²) in [7, 11) is 0. The maximum Gasteiger partial charge on any atom is 0.0950 e. The predicted molar refractivity (Wildman–Crippen MR) is 54.9 cm³/mol. The van der Waals surface area contributed by atoms with E-state index < -0.39 is 0 Å². The largest absolute Gasteiger partial charge is 0.0950 e. The van der Waals surface area contributed by atoms with Crippen LogP contribution in [0, 0.1) is 17.3 Å². The summed E-state index contributed by atoms with van der Waals surface area (Å²) in [6.45, 7) is 9.26. The monoisotopic (exact) mass is 167 g/mol. The van der Waals surface area contributed by atoms with Gasteiger partial charge in [0.15, 0.2) is 0 Å². The van der Waals surface area contributed by atoms with Crippen LogP contribution in [0.2, 0.25) is 0 Å². The fourth-order valence-corrected chi connectivity index (χ4v) is 2.75. The quantitative estimate of drug-likeness (QED) is 0.550. The highest BCUT2D eigenvalue weighted by Crippen LogP contribution is 2.50. The minimum atomic E-state index is 0.729. The highest BCUT2D eigenvalue weighted by molar-refractivity contribution is 4.96. The van der Waals surface area contributed by atoms with Crippen molar-refractivity contribution in [2.45, 2.75) is 59.8 Å². The first-order chi connectivity index (χ1) is 5.54. The summed E-state index contributed by atoms with van der Waals surface area (Å²) in [6.07, 6.45) is 7.26. The van der Waals surface area contributed by atoms with E-state index in [9.17, 15) is 0 Å². The van der Waals surface area contributed by atoms with Gasteiger partial charge in [-0.15, -0.1) is 0 Å². The van der Waals surface area contributed by atoms with Gasteiger partial charge in [-0.2, -0.15) is 0 Å². The van der Waals surface area contributed by atoms with Crippen LogP contribution >= 0.6 is 0 Å². The van der Waals surface area contributed by atoms with Gasteiger partial charge in [0.2, 0.25) is 0 Å². The maximum absolute atomic E-state index is 2.35. The minimum absolute atomic E-state index is 0.729. The Labute approximate surface area is 77.7 Å². The van der Waals surface area contributed by atoms with Crippen LogP contribution in [-0.2, 0) is 0 Å². The Morgan fingerprint density at radius 3 is 2.08 bits per heavy atom. The molecule has 0 unspecified atom stereocenters. The second-order valence-corrected chi connectivity index (χ2v) is 5.34. The zero-order valence-electron chi connectivity index (χ0n) is 9.11. The van der Waals surface area contributed by atoms with Crippen molar-refractivity contribution < 1.29 is 0 Å². The van der Waals surface area contributed by atoms with E-state index in [1.807, 2.05) is 0 Å². The third-order valence-corrected chi connectivity index (χ3v) is 2.98. The Balaban J connectivity index is 2.39. The van der Waals surface area contributed by atoms with Gasteiger partial charge in [-0.1, -0.05) is 20.3 Å². The summed E-state index contributed by atoms with van der Waals surface area (Å²) >= 11 is 0. The first kappa shape index (κ1) is 9.95. The molecule has 0 atom stereocenters. The standard InChI is InChI=1S/C12H23/c1-10(2)8-12(6-5-7-12)9-11(3)4/h10H,5-9H2,1-4H3/q+1. The van der Waals surface area contributed by atoms with Crippen LogP contribution in [0.4, 0.5) is 0 Å². The lowest BCUT2D eigenvalue weighted by atomic mass is 9.61. The molecular weight excluding hydrogens is 144 g/mol. The Morgan fingerprint density at radius 1 is 1.25 bits per heavy atom. The Hall–Kier alpha value is -0.130. The van der Waals surface area contributed by atoms with Gasteiger partial charge < -0.3 is 0 Å². The van der Waals surface area contributed by atoms with Crippen molar-refractivity contribution in [3.05, 3.63) is 5.92 Å². The highest BCUT2D eigenvalue weighted by Gasteiger charge is 2.41. The van der Waals surface area contributed by atoms with Crippen LogP contribution in [0.15, 0.2) is 0 Å². The van der Waals surface area contributed by atoms with Crippen LogP contribution in [0.1, 0.15) is 59.8 Å². The molecule has 12 heavy (non-hydrogen) atoms. The lowest BCUT2D eigenvalue weighted by Crippen LogP contribution is -2.32. The van der Waals surface area contributed by atoms with Crippen molar-refractivity contribution in [3.63, 3.8) is 0 Å². The second kappa shape index (κ2) is 3.72. The van der Waals surface area contributed by atoms with Crippen molar-refractivity contribution in [2.24, 2.45) is 11.3 Å². The molecule has 1 fully saturated rings. The van der Waals surface area contributed by atoms with Gasteiger partial charge >= 0.3 is 0 Å². The van der Waals surface area contributed by atoms with Crippen LogP contribution in [0.25, 0.3) is 0 Å². The smallest absolute Gasteiger partial charge is 0.0628 e. The molecule has 0 bridgehead atoms. The van der Waals surface area contributed by atoms with Gasteiger partial charge in [0.05, 0.1) is 26.2 Å². The topological polar surface area (TPSA) is 0 Å².